The molecule has 3 nitrogen and oxygen atoms in total. The molecule has 2 rings (SSSR count). The third-order valence-electron chi connectivity index (χ3n) is 4.25. The summed E-state index contributed by atoms with van der Waals surface area (Å²) < 4.78 is 0. The van der Waals surface area contributed by atoms with Crippen LogP contribution in [0.25, 0.3) is 0 Å². The van der Waals surface area contributed by atoms with Gasteiger partial charge in [-0.25, -0.2) is 0 Å². The van der Waals surface area contributed by atoms with Gasteiger partial charge in [0.1, 0.15) is 0 Å². The number of aryl methyl sites for hydroxylation is 1. The van der Waals surface area contributed by atoms with Gasteiger partial charge in [-0.05, 0) is 64.2 Å². The third-order valence-corrected chi connectivity index (χ3v) is 4.25. The highest BCUT2D eigenvalue weighted by molar-refractivity contribution is 5.51. The van der Waals surface area contributed by atoms with Gasteiger partial charge < -0.3 is 15.1 Å². The van der Waals surface area contributed by atoms with Gasteiger partial charge in [0.05, 0.1) is 0 Å². The summed E-state index contributed by atoms with van der Waals surface area (Å²) in [5, 5.41) is 3.22. The van der Waals surface area contributed by atoms with Crippen LogP contribution < -0.4 is 10.2 Å². The minimum atomic E-state index is 0.751. The molecule has 19 heavy (non-hydrogen) atoms. The number of rotatable bonds is 4. The number of hydrogen-bond acceptors (Lipinski definition) is 3. The maximum atomic E-state index is 3.22. The van der Waals surface area contributed by atoms with Crippen molar-refractivity contribution < 1.29 is 0 Å². The molecule has 1 aromatic carbocycles. The molecule has 1 aliphatic rings. The van der Waals surface area contributed by atoms with Crippen LogP contribution in [0.15, 0.2) is 18.2 Å². The van der Waals surface area contributed by atoms with Crippen molar-refractivity contribution in [3.63, 3.8) is 0 Å². The van der Waals surface area contributed by atoms with Gasteiger partial charge in [0, 0.05) is 31.4 Å². The number of benzene rings is 1. The Morgan fingerprint density at radius 1 is 1.26 bits per heavy atom. The monoisotopic (exact) mass is 261 g/mol. The van der Waals surface area contributed by atoms with E-state index in [2.05, 4.69) is 54.3 Å². The summed E-state index contributed by atoms with van der Waals surface area (Å²) in [4.78, 5) is 4.88. The zero-order valence-corrected chi connectivity index (χ0v) is 12.7. The molecule has 106 valence electrons. The summed E-state index contributed by atoms with van der Waals surface area (Å²) in [6.45, 7) is 5.51. The van der Waals surface area contributed by atoms with Gasteiger partial charge in [-0.2, -0.15) is 0 Å². The van der Waals surface area contributed by atoms with Gasteiger partial charge >= 0.3 is 0 Å². The predicted octanol–water partition coefficient (Wildman–Crippen LogP) is 2.24. The first-order valence-electron chi connectivity index (χ1n) is 7.27. The van der Waals surface area contributed by atoms with Gasteiger partial charge in [0.15, 0.2) is 0 Å². The van der Waals surface area contributed by atoms with Gasteiger partial charge in [-0.15, -0.1) is 0 Å². The van der Waals surface area contributed by atoms with Crippen LogP contribution in [0.1, 0.15) is 24.0 Å². The normalized spacial score (nSPS) is 17.2. The van der Waals surface area contributed by atoms with Crippen molar-refractivity contribution in [2.24, 2.45) is 0 Å². The second-order valence-electron chi connectivity index (χ2n) is 5.82. The molecule has 1 N–H and O–H groups in total. The van der Waals surface area contributed by atoms with E-state index in [9.17, 15) is 0 Å². The zero-order valence-electron chi connectivity index (χ0n) is 12.7. The van der Waals surface area contributed by atoms with Crippen LogP contribution >= 0.6 is 0 Å². The molecule has 3 heteroatoms. The first kappa shape index (κ1) is 14.4. The molecule has 0 aromatic heterocycles. The molecule has 0 bridgehead atoms. The fraction of sp³-hybridized carbons (Fsp3) is 0.625. The van der Waals surface area contributed by atoms with Crippen LogP contribution in [-0.2, 0) is 6.54 Å². The van der Waals surface area contributed by atoms with Crippen LogP contribution in [0.2, 0.25) is 0 Å². The first-order chi connectivity index (χ1) is 9.11. The standard InChI is InChI=1S/C16H27N3/c1-13-11-16(6-5-14(13)12-17-2)19-9-7-15(8-10-19)18(3)4/h5-6,11,15,17H,7-10,12H2,1-4H3. The molecule has 1 saturated heterocycles. The van der Waals surface area contributed by atoms with Crippen LogP contribution in [0, 0.1) is 6.92 Å². The summed E-state index contributed by atoms with van der Waals surface area (Å²) in [7, 11) is 6.38. The summed E-state index contributed by atoms with van der Waals surface area (Å²) in [6.07, 6.45) is 2.54. The molecule has 0 saturated carbocycles. The van der Waals surface area contributed by atoms with Crippen LogP contribution in [-0.4, -0.2) is 45.2 Å². The summed E-state index contributed by atoms with van der Waals surface area (Å²) in [5.41, 5.74) is 4.17. The number of piperidine rings is 1. The number of anilines is 1. The lowest BCUT2D eigenvalue weighted by atomic mass is 10.0. The number of hydrogen-bond donors (Lipinski definition) is 1. The molecular weight excluding hydrogens is 234 g/mol. The van der Waals surface area contributed by atoms with E-state index in [4.69, 9.17) is 0 Å². The maximum Gasteiger partial charge on any atom is 0.0369 e. The fourth-order valence-electron chi connectivity index (χ4n) is 2.91. The Morgan fingerprint density at radius 3 is 2.47 bits per heavy atom. The van der Waals surface area contributed by atoms with Crippen molar-refractivity contribution in [2.75, 3.05) is 39.1 Å². The average Bonchev–Trinajstić information content (AvgIpc) is 2.41. The smallest absolute Gasteiger partial charge is 0.0369 e. The van der Waals surface area contributed by atoms with Crippen LogP contribution in [0.4, 0.5) is 5.69 Å². The van der Waals surface area contributed by atoms with Crippen molar-refractivity contribution in [2.45, 2.75) is 32.4 Å². The number of nitrogens with zero attached hydrogens (tertiary/aromatic N) is 2. The van der Waals surface area contributed by atoms with Gasteiger partial charge in [-0.3, -0.25) is 0 Å². The Labute approximate surface area is 117 Å². The summed E-state index contributed by atoms with van der Waals surface area (Å²) in [5.74, 6) is 0. The fourth-order valence-corrected chi connectivity index (χ4v) is 2.91. The summed E-state index contributed by atoms with van der Waals surface area (Å²) in [6, 6.07) is 7.62. The van der Waals surface area contributed by atoms with Crippen molar-refractivity contribution in [1.82, 2.24) is 10.2 Å². The van der Waals surface area contributed by atoms with E-state index >= 15 is 0 Å². The predicted molar refractivity (Wildman–Crippen MR) is 82.9 cm³/mol. The highest BCUT2D eigenvalue weighted by Gasteiger charge is 2.20. The lowest BCUT2D eigenvalue weighted by Gasteiger charge is -2.36. The van der Waals surface area contributed by atoms with Crippen LogP contribution in [0.3, 0.4) is 0 Å². The molecule has 1 aliphatic heterocycles. The van der Waals surface area contributed by atoms with Crippen LogP contribution in [0.5, 0.6) is 0 Å². The molecular formula is C16H27N3. The minimum Gasteiger partial charge on any atom is -0.371 e. The van der Waals surface area contributed by atoms with Crippen molar-refractivity contribution in [3.8, 4) is 0 Å². The van der Waals surface area contributed by atoms with E-state index < -0.39 is 0 Å². The number of nitrogens with one attached hydrogen (secondary N) is 1. The molecule has 0 atom stereocenters. The molecule has 1 aromatic rings. The van der Waals surface area contributed by atoms with E-state index in [-0.39, 0.29) is 0 Å². The Hall–Kier alpha value is -1.06. The molecule has 0 spiro atoms. The quantitative estimate of drug-likeness (QED) is 0.897. The first-order valence-corrected chi connectivity index (χ1v) is 7.27. The molecule has 0 radical (unpaired) electrons. The van der Waals surface area contributed by atoms with Crippen molar-refractivity contribution >= 4 is 5.69 Å². The molecule has 0 aliphatic carbocycles. The lowest BCUT2D eigenvalue weighted by molar-refractivity contribution is 0.249. The minimum absolute atomic E-state index is 0.751. The Balaban J connectivity index is 2.01. The second-order valence-corrected chi connectivity index (χ2v) is 5.82. The third kappa shape index (κ3) is 3.48. The van der Waals surface area contributed by atoms with E-state index in [0.717, 1.165) is 12.6 Å². The molecule has 1 fully saturated rings. The molecule has 1 heterocycles. The van der Waals surface area contributed by atoms with Gasteiger partial charge in [-0.1, -0.05) is 6.07 Å². The lowest BCUT2D eigenvalue weighted by Crippen LogP contribution is -2.42. The molecule has 0 unspecified atom stereocenters. The maximum absolute atomic E-state index is 3.22. The SMILES string of the molecule is CNCc1ccc(N2CCC(N(C)C)CC2)cc1C. The van der Waals surface area contributed by atoms with E-state index in [0.29, 0.717) is 0 Å². The highest BCUT2D eigenvalue weighted by Crippen LogP contribution is 2.24. The van der Waals surface area contributed by atoms with Gasteiger partial charge in [0.2, 0.25) is 0 Å². The zero-order chi connectivity index (χ0) is 13.8. The van der Waals surface area contributed by atoms with E-state index in [1.54, 1.807) is 0 Å². The highest BCUT2D eigenvalue weighted by atomic mass is 15.2. The van der Waals surface area contributed by atoms with E-state index in [1.807, 2.05) is 7.05 Å². The Kier molecular flexibility index (Phi) is 4.83. The van der Waals surface area contributed by atoms with E-state index in [1.165, 1.54) is 42.7 Å². The summed E-state index contributed by atoms with van der Waals surface area (Å²) >= 11 is 0. The van der Waals surface area contributed by atoms with Crippen molar-refractivity contribution in [1.29, 1.82) is 0 Å². The Morgan fingerprint density at radius 2 is 1.95 bits per heavy atom. The largest absolute Gasteiger partial charge is 0.371 e. The topological polar surface area (TPSA) is 18.5 Å². The Bertz CT molecular complexity index is 406. The second kappa shape index (κ2) is 6.40. The molecule has 0 amide bonds. The van der Waals surface area contributed by atoms with Crippen molar-refractivity contribution in [3.05, 3.63) is 29.3 Å². The van der Waals surface area contributed by atoms with Gasteiger partial charge in [0.25, 0.3) is 0 Å². The average molecular weight is 261 g/mol.